The molecule has 1 heterocycles. The summed E-state index contributed by atoms with van der Waals surface area (Å²) in [6.07, 6.45) is 2.76. The average molecular weight is 289 g/mol. The molecule has 0 bridgehead atoms. The van der Waals surface area contributed by atoms with Crippen molar-refractivity contribution in [2.45, 2.75) is 37.7 Å². The van der Waals surface area contributed by atoms with Crippen molar-refractivity contribution in [3.63, 3.8) is 0 Å². The lowest BCUT2D eigenvalue weighted by atomic mass is 9.90. The van der Waals surface area contributed by atoms with Crippen LogP contribution in [0.1, 0.15) is 36.3 Å². The number of hydrogen-bond acceptors (Lipinski definition) is 3. The normalized spacial score (nSPS) is 24.7. The average Bonchev–Trinajstić information content (AvgIpc) is 2.91. The number of carboxylic acid groups (broad SMARTS) is 1. The molecule has 3 rings (SSSR count). The molecule has 0 aromatic heterocycles. The fraction of sp³-hybridized carbons (Fsp3) is 0.588. The smallest absolute Gasteiger partial charge is 0.332 e. The van der Waals surface area contributed by atoms with E-state index in [1.54, 1.807) is 0 Å². The van der Waals surface area contributed by atoms with E-state index in [0.29, 0.717) is 5.92 Å². The maximum Gasteiger partial charge on any atom is 0.332 e. The van der Waals surface area contributed by atoms with Crippen molar-refractivity contribution < 1.29 is 15.0 Å². The first-order valence-electron chi connectivity index (χ1n) is 7.86. The highest BCUT2D eigenvalue weighted by atomic mass is 16.4. The Labute approximate surface area is 125 Å². The Morgan fingerprint density at radius 1 is 1.24 bits per heavy atom. The summed E-state index contributed by atoms with van der Waals surface area (Å²) in [6, 6.07) is 8.70. The number of piperidine rings is 1. The molecule has 1 aliphatic carbocycles. The number of rotatable bonds is 4. The van der Waals surface area contributed by atoms with E-state index < -0.39 is 12.1 Å². The lowest BCUT2D eigenvalue weighted by Gasteiger charge is -2.34. The van der Waals surface area contributed by atoms with Gasteiger partial charge in [-0.1, -0.05) is 24.3 Å². The summed E-state index contributed by atoms with van der Waals surface area (Å²) in [5.41, 5.74) is 2.98. The molecular formula is C17H23NO3. The van der Waals surface area contributed by atoms with Gasteiger partial charge >= 0.3 is 5.97 Å². The van der Waals surface area contributed by atoms with E-state index >= 15 is 0 Å². The maximum atomic E-state index is 10.8. The first-order chi connectivity index (χ1) is 10.1. The number of aryl methyl sites for hydroxylation is 1. The molecule has 1 fully saturated rings. The zero-order valence-corrected chi connectivity index (χ0v) is 12.2. The fourth-order valence-corrected chi connectivity index (χ4v) is 3.80. The Hall–Kier alpha value is -1.39. The molecule has 114 valence electrons. The van der Waals surface area contributed by atoms with E-state index in [4.69, 9.17) is 5.11 Å². The molecule has 2 unspecified atom stereocenters. The van der Waals surface area contributed by atoms with Crippen molar-refractivity contribution in [3.05, 3.63) is 35.4 Å². The van der Waals surface area contributed by atoms with E-state index in [-0.39, 0.29) is 5.92 Å². The number of aliphatic hydroxyl groups excluding tert-OH is 1. The molecule has 1 saturated heterocycles. The lowest BCUT2D eigenvalue weighted by Crippen LogP contribution is -2.41. The fourth-order valence-electron chi connectivity index (χ4n) is 3.80. The predicted octanol–water partition coefficient (Wildman–Crippen LogP) is 1.87. The first-order valence-corrected chi connectivity index (χ1v) is 7.86. The third-order valence-corrected chi connectivity index (χ3v) is 5.07. The zero-order valence-electron chi connectivity index (χ0n) is 12.2. The lowest BCUT2D eigenvalue weighted by molar-refractivity contribution is -0.150. The van der Waals surface area contributed by atoms with Gasteiger partial charge in [0.15, 0.2) is 6.10 Å². The van der Waals surface area contributed by atoms with Crippen molar-refractivity contribution in [2.24, 2.45) is 5.92 Å². The molecule has 21 heavy (non-hydrogen) atoms. The Bertz CT molecular complexity index is 509. The second-order valence-corrected chi connectivity index (χ2v) is 6.36. The summed E-state index contributed by atoms with van der Waals surface area (Å²) < 4.78 is 0. The largest absolute Gasteiger partial charge is 0.479 e. The van der Waals surface area contributed by atoms with Gasteiger partial charge in [-0.2, -0.15) is 0 Å². The number of aliphatic hydroxyl groups is 1. The van der Waals surface area contributed by atoms with Gasteiger partial charge in [0, 0.05) is 6.54 Å². The van der Waals surface area contributed by atoms with Gasteiger partial charge in [-0.3, -0.25) is 0 Å². The Kier molecular flexibility index (Phi) is 4.27. The third-order valence-electron chi connectivity index (χ3n) is 5.07. The molecular weight excluding hydrogens is 266 g/mol. The van der Waals surface area contributed by atoms with Crippen molar-refractivity contribution >= 4 is 5.97 Å². The molecule has 4 heteroatoms. The van der Waals surface area contributed by atoms with Crippen LogP contribution in [-0.4, -0.2) is 46.8 Å². The van der Waals surface area contributed by atoms with Crippen LogP contribution in [0.15, 0.2) is 24.3 Å². The molecule has 2 aliphatic rings. The molecule has 1 aromatic rings. The van der Waals surface area contributed by atoms with E-state index in [2.05, 4.69) is 29.2 Å². The van der Waals surface area contributed by atoms with Gasteiger partial charge in [0.2, 0.25) is 0 Å². The summed E-state index contributed by atoms with van der Waals surface area (Å²) in [5.74, 6) is -0.560. The standard InChI is InChI=1S/C17H23NO3/c19-16(17(20)21)13-7-9-18(10-8-13)11-14-6-5-12-3-1-2-4-15(12)14/h1-4,13-14,16,19H,5-11H2,(H,20,21). The maximum absolute atomic E-state index is 10.8. The zero-order chi connectivity index (χ0) is 14.8. The first kappa shape index (κ1) is 14.5. The van der Waals surface area contributed by atoms with Gasteiger partial charge in [-0.05, 0) is 61.7 Å². The predicted molar refractivity (Wildman–Crippen MR) is 80.3 cm³/mol. The molecule has 0 amide bonds. The molecule has 1 aromatic carbocycles. The number of likely N-dealkylation sites (tertiary alicyclic amines) is 1. The van der Waals surface area contributed by atoms with Gasteiger partial charge < -0.3 is 15.1 Å². The topological polar surface area (TPSA) is 60.8 Å². The van der Waals surface area contributed by atoms with Gasteiger partial charge in [-0.15, -0.1) is 0 Å². The summed E-state index contributed by atoms with van der Waals surface area (Å²) >= 11 is 0. The highest BCUT2D eigenvalue weighted by Gasteiger charge is 2.31. The van der Waals surface area contributed by atoms with Gasteiger partial charge in [0.05, 0.1) is 0 Å². The van der Waals surface area contributed by atoms with Gasteiger partial charge in [0.25, 0.3) is 0 Å². The molecule has 0 radical (unpaired) electrons. The summed E-state index contributed by atoms with van der Waals surface area (Å²) in [4.78, 5) is 13.3. The molecule has 2 atom stereocenters. The van der Waals surface area contributed by atoms with Crippen LogP contribution in [0.3, 0.4) is 0 Å². The quantitative estimate of drug-likeness (QED) is 0.888. The Morgan fingerprint density at radius 3 is 2.67 bits per heavy atom. The van der Waals surface area contributed by atoms with Crippen LogP contribution in [-0.2, 0) is 11.2 Å². The van der Waals surface area contributed by atoms with Gasteiger partial charge in [0.1, 0.15) is 0 Å². The Morgan fingerprint density at radius 2 is 1.95 bits per heavy atom. The van der Waals surface area contributed by atoms with Crippen LogP contribution < -0.4 is 0 Å². The third kappa shape index (κ3) is 3.11. The van der Waals surface area contributed by atoms with Crippen LogP contribution in [0.25, 0.3) is 0 Å². The van der Waals surface area contributed by atoms with Crippen molar-refractivity contribution in [1.82, 2.24) is 4.90 Å². The molecule has 2 N–H and O–H groups in total. The van der Waals surface area contributed by atoms with Crippen molar-refractivity contribution in [2.75, 3.05) is 19.6 Å². The molecule has 0 spiro atoms. The minimum atomic E-state index is -1.20. The Balaban J connectivity index is 1.54. The van der Waals surface area contributed by atoms with Crippen LogP contribution in [0, 0.1) is 5.92 Å². The van der Waals surface area contributed by atoms with E-state index in [1.165, 1.54) is 24.0 Å². The van der Waals surface area contributed by atoms with Crippen LogP contribution in [0.2, 0.25) is 0 Å². The minimum absolute atomic E-state index is 0.0883. The van der Waals surface area contributed by atoms with E-state index in [9.17, 15) is 9.90 Å². The second kappa shape index (κ2) is 6.16. The number of nitrogens with zero attached hydrogens (tertiary/aromatic N) is 1. The molecule has 4 nitrogen and oxygen atoms in total. The summed E-state index contributed by atoms with van der Waals surface area (Å²) in [7, 11) is 0. The van der Waals surface area contributed by atoms with Crippen LogP contribution in [0.4, 0.5) is 0 Å². The number of aliphatic carboxylic acids is 1. The number of hydrogen-bond donors (Lipinski definition) is 2. The SMILES string of the molecule is O=C(O)C(O)C1CCN(CC2CCc3ccccc32)CC1. The van der Waals surface area contributed by atoms with E-state index in [1.807, 2.05) is 0 Å². The highest BCUT2D eigenvalue weighted by Crippen LogP contribution is 2.34. The molecule has 1 aliphatic heterocycles. The number of carboxylic acids is 1. The van der Waals surface area contributed by atoms with Crippen molar-refractivity contribution in [1.29, 1.82) is 0 Å². The monoisotopic (exact) mass is 289 g/mol. The minimum Gasteiger partial charge on any atom is -0.479 e. The van der Waals surface area contributed by atoms with E-state index in [0.717, 1.165) is 32.5 Å². The summed E-state index contributed by atoms with van der Waals surface area (Å²) in [6.45, 7) is 2.86. The summed E-state index contributed by atoms with van der Waals surface area (Å²) in [5, 5.41) is 18.5. The van der Waals surface area contributed by atoms with Crippen molar-refractivity contribution in [3.8, 4) is 0 Å². The van der Waals surface area contributed by atoms with Crippen LogP contribution >= 0.6 is 0 Å². The number of benzene rings is 1. The van der Waals surface area contributed by atoms with Gasteiger partial charge in [-0.25, -0.2) is 4.79 Å². The number of carbonyl (C=O) groups is 1. The van der Waals surface area contributed by atoms with Crippen LogP contribution in [0.5, 0.6) is 0 Å². The second-order valence-electron chi connectivity index (χ2n) is 6.36. The molecule has 0 saturated carbocycles. The number of fused-ring (bicyclic) bond motifs is 1. The highest BCUT2D eigenvalue weighted by molar-refractivity contribution is 5.72.